The lowest BCUT2D eigenvalue weighted by Gasteiger charge is -2.27. The molecular formula is C14H17ClN2O2S. The Hall–Kier alpha value is -1.20. The largest absolute Gasteiger partial charge is 0.481 e. The van der Waals surface area contributed by atoms with Crippen molar-refractivity contribution in [2.45, 2.75) is 37.9 Å². The van der Waals surface area contributed by atoms with Crippen LogP contribution in [0.25, 0.3) is 11.0 Å². The van der Waals surface area contributed by atoms with Crippen molar-refractivity contribution in [3.8, 4) is 0 Å². The number of carboxylic acid groups (broad SMARTS) is 1. The van der Waals surface area contributed by atoms with Crippen LogP contribution in [-0.4, -0.2) is 26.4 Å². The third kappa shape index (κ3) is 2.94. The van der Waals surface area contributed by atoms with Crippen LogP contribution in [0.15, 0.2) is 23.4 Å². The van der Waals surface area contributed by atoms with Crippen LogP contribution in [0.4, 0.5) is 0 Å². The number of fused-ring (bicyclic) bond motifs is 1. The number of aromatic nitrogens is 2. The smallest absolute Gasteiger partial charge is 0.313 e. The van der Waals surface area contributed by atoms with Crippen LogP contribution >= 0.6 is 23.4 Å². The molecule has 0 radical (unpaired) electrons. The Morgan fingerprint density at radius 3 is 2.80 bits per heavy atom. The summed E-state index contributed by atoms with van der Waals surface area (Å²) in [7, 11) is 0. The number of aliphatic carboxylic acids is 1. The first-order chi connectivity index (χ1) is 9.35. The van der Waals surface area contributed by atoms with Gasteiger partial charge in [-0.15, -0.1) is 0 Å². The molecule has 0 amide bonds. The van der Waals surface area contributed by atoms with Gasteiger partial charge in [0.05, 0.1) is 16.8 Å². The minimum atomic E-state index is -0.846. The fraction of sp³-hybridized carbons (Fsp3) is 0.429. The molecule has 0 spiro atoms. The molecule has 2 rings (SSSR count). The van der Waals surface area contributed by atoms with E-state index in [1.165, 1.54) is 11.8 Å². The highest BCUT2D eigenvalue weighted by Gasteiger charge is 2.25. The molecule has 0 aliphatic rings. The quantitative estimate of drug-likeness (QED) is 0.847. The molecule has 6 heteroatoms. The number of nitrogens with zero attached hydrogens (tertiary/aromatic N) is 2. The van der Waals surface area contributed by atoms with Crippen molar-refractivity contribution in [3.05, 3.63) is 23.2 Å². The summed E-state index contributed by atoms with van der Waals surface area (Å²) in [5.41, 5.74) is 1.63. The predicted octanol–water partition coefficient (Wildman–Crippen LogP) is 4.01. The number of halogens is 1. The van der Waals surface area contributed by atoms with E-state index in [1.807, 2.05) is 12.1 Å². The van der Waals surface area contributed by atoms with Crippen LogP contribution in [0.5, 0.6) is 0 Å². The standard InChI is InChI=1S/C14H17ClN2O2S/c1-4-14(2,3)17-11-7-9(15)5-6-10(11)16-13(17)20-8-12(18)19/h5-7H,4,8H2,1-3H3,(H,18,19). The second-order valence-electron chi connectivity index (χ2n) is 5.21. The summed E-state index contributed by atoms with van der Waals surface area (Å²) >= 11 is 7.32. The predicted molar refractivity (Wildman–Crippen MR) is 82.7 cm³/mol. The van der Waals surface area contributed by atoms with Crippen LogP contribution in [0.2, 0.25) is 5.02 Å². The maximum absolute atomic E-state index is 10.8. The Balaban J connectivity index is 2.60. The highest BCUT2D eigenvalue weighted by molar-refractivity contribution is 7.99. The highest BCUT2D eigenvalue weighted by Crippen LogP contribution is 2.33. The number of carbonyl (C=O) groups is 1. The molecular weight excluding hydrogens is 296 g/mol. The molecule has 0 aliphatic carbocycles. The number of benzene rings is 1. The van der Waals surface area contributed by atoms with Gasteiger partial charge in [-0.2, -0.15) is 0 Å². The van der Waals surface area contributed by atoms with Gasteiger partial charge in [-0.25, -0.2) is 4.98 Å². The fourth-order valence-corrected chi connectivity index (χ4v) is 3.05. The van der Waals surface area contributed by atoms with Gasteiger partial charge in [-0.3, -0.25) is 4.79 Å². The van der Waals surface area contributed by atoms with Gasteiger partial charge >= 0.3 is 5.97 Å². The molecule has 108 valence electrons. The average molecular weight is 313 g/mol. The maximum atomic E-state index is 10.8. The van der Waals surface area contributed by atoms with Crippen LogP contribution in [0, 0.1) is 0 Å². The van der Waals surface area contributed by atoms with Gasteiger partial charge in [0.1, 0.15) is 0 Å². The first kappa shape index (κ1) is 15.2. The molecule has 2 aromatic rings. The molecule has 0 bridgehead atoms. The first-order valence-corrected chi connectivity index (χ1v) is 7.74. The molecule has 0 saturated carbocycles. The zero-order chi connectivity index (χ0) is 14.9. The normalized spacial score (nSPS) is 12.0. The number of hydrogen-bond donors (Lipinski definition) is 1. The summed E-state index contributed by atoms with van der Waals surface area (Å²) < 4.78 is 2.09. The van der Waals surface area contributed by atoms with Crippen molar-refractivity contribution in [1.82, 2.24) is 9.55 Å². The molecule has 20 heavy (non-hydrogen) atoms. The summed E-state index contributed by atoms with van der Waals surface area (Å²) in [5, 5.41) is 10.2. The van der Waals surface area contributed by atoms with Crippen molar-refractivity contribution in [3.63, 3.8) is 0 Å². The summed E-state index contributed by atoms with van der Waals surface area (Å²) in [6.45, 7) is 6.32. The molecule has 1 N–H and O–H groups in total. The van der Waals surface area contributed by atoms with Crippen molar-refractivity contribution in [2.24, 2.45) is 0 Å². The van der Waals surface area contributed by atoms with Crippen LogP contribution < -0.4 is 0 Å². The van der Waals surface area contributed by atoms with E-state index in [2.05, 4.69) is 30.3 Å². The summed E-state index contributed by atoms with van der Waals surface area (Å²) in [6.07, 6.45) is 0.908. The lowest BCUT2D eigenvalue weighted by molar-refractivity contribution is -0.133. The van der Waals surface area contributed by atoms with E-state index in [9.17, 15) is 4.79 Å². The molecule has 0 unspecified atom stereocenters. The van der Waals surface area contributed by atoms with Gasteiger partial charge in [0.2, 0.25) is 0 Å². The SMILES string of the molecule is CCC(C)(C)n1c(SCC(=O)O)nc2ccc(Cl)cc21. The number of carboxylic acids is 1. The fourth-order valence-electron chi connectivity index (χ4n) is 1.99. The van der Waals surface area contributed by atoms with Gasteiger partial charge in [-0.05, 0) is 38.5 Å². The first-order valence-electron chi connectivity index (χ1n) is 6.38. The number of imidazole rings is 1. The van der Waals surface area contributed by atoms with E-state index in [0.29, 0.717) is 5.02 Å². The Kier molecular flexibility index (Phi) is 4.30. The van der Waals surface area contributed by atoms with Gasteiger partial charge in [0, 0.05) is 10.6 Å². The van der Waals surface area contributed by atoms with E-state index in [1.54, 1.807) is 6.07 Å². The Bertz CT molecular complexity index is 652. The van der Waals surface area contributed by atoms with E-state index >= 15 is 0 Å². The average Bonchev–Trinajstić information content (AvgIpc) is 2.74. The Labute approximate surface area is 127 Å². The molecule has 4 nitrogen and oxygen atoms in total. The monoisotopic (exact) mass is 312 g/mol. The zero-order valence-corrected chi connectivity index (χ0v) is 13.3. The van der Waals surface area contributed by atoms with Crippen LogP contribution in [0.1, 0.15) is 27.2 Å². The topological polar surface area (TPSA) is 55.1 Å². The molecule has 0 atom stereocenters. The van der Waals surface area contributed by atoms with Gasteiger partial charge in [-0.1, -0.05) is 30.3 Å². The molecule has 0 saturated heterocycles. The molecule has 1 aromatic carbocycles. The zero-order valence-electron chi connectivity index (χ0n) is 11.7. The highest BCUT2D eigenvalue weighted by atomic mass is 35.5. The Morgan fingerprint density at radius 2 is 2.20 bits per heavy atom. The van der Waals surface area contributed by atoms with Crippen molar-refractivity contribution in [2.75, 3.05) is 5.75 Å². The minimum Gasteiger partial charge on any atom is -0.481 e. The van der Waals surface area contributed by atoms with Gasteiger partial charge in [0.25, 0.3) is 0 Å². The van der Waals surface area contributed by atoms with E-state index in [4.69, 9.17) is 16.7 Å². The number of rotatable bonds is 5. The minimum absolute atomic E-state index is 0.00313. The number of hydrogen-bond acceptors (Lipinski definition) is 3. The molecule has 1 heterocycles. The summed E-state index contributed by atoms with van der Waals surface area (Å²) in [5.74, 6) is -0.849. The molecule has 0 fully saturated rings. The summed E-state index contributed by atoms with van der Waals surface area (Å²) in [4.78, 5) is 15.3. The maximum Gasteiger partial charge on any atom is 0.313 e. The van der Waals surface area contributed by atoms with E-state index in [-0.39, 0.29) is 11.3 Å². The van der Waals surface area contributed by atoms with Gasteiger partial charge in [0.15, 0.2) is 5.16 Å². The second kappa shape index (κ2) is 5.66. The van der Waals surface area contributed by atoms with Crippen molar-refractivity contribution >= 4 is 40.4 Å². The number of thioether (sulfide) groups is 1. The molecule has 0 aliphatic heterocycles. The third-order valence-electron chi connectivity index (χ3n) is 3.38. The van der Waals surface area contributed by atoms with Gasteiger partial charge < -0.3 is 9.67 Å². The summed E-state index contributed by atoms with van der Waals surface area (Å²) in [6, 6.07) is 5.54. The van der Waals surface area contributed by atoms with Crippen LogP contribution in [-0.2, 0) is 10.3 Å². The third-order valence-corrected chi connectivity index (χ3v) is 4.54. The van der Waals surface area contributed by atoms with Crippen molar-refractivity contribution < 1.29 is 9.90 Å². The lowest BCUT2D eigenvalue weighted by Crippen LogP contribution is -2.26. The Morgan fingerprint density at radius 1 is 1.50 bits per heavy atom. The second-order valence-corrected chi connectivity index (χ2v) is 6.59. The van der Waals surface area contributed by atoms with Crippen LogP contribution in [0.3, 0.4) is 0 Å². The van der Waals surface area contributed by atoms with E-state index < -0.39 is 5.97 Å². The van der Waals surface area contributed by atoms with E-state index in [0.717, 1.165) is 22.6 Å². The lowest BCUT2D eigenvalue weighted by atomic mass is 10.0. The van der Waals surface area contributed by atoms with Crippen molar-refractivity contribution in [1.29, 1.82) is 0 Å². The molecule has 1 aromatic heterocycles.